The Morgan fingerprint density at radius 1 is 0.828 bits per heavy atom. The molecule has 2 heteroatoms. The Balaban J connectivity index is 0.00000116. The molecule has 0 bridgehead atoms. The van der Waals surface area contributed by atoms with Gasteiger partial charge in [0.1, 0.15) is 11.6 Å². The maximum atomic E-state index is 12.3. The van der Waals surface area contributed by atoms with Crippen molar-refractivity contribution in [3.8, 4) is 0 Å². The van der Waals surface area contributed by atoms with E-state index in [0.717, 1.165) is 23.1 Å². The van der Waals surface area contributed by atoms with Gasteiger partial charge in [0.2, 0.25) is 0 Å². The summed E-state index contributed by atoms with van der Waals surface area (Å²) in [4.78, 5) is 23.2. The minimum absolute atomic E-state index is 0.195. The Morgan fingerprint density at radius 2 is 1.41 bits per heavy atom. The van der Waals surface area contributed by atoms with Crippen LogP contribution in [0.1, 0.15) is 77.0 Å². The molecule has 0 aliphatic heterocycles. The van der Waals surface area contributed by atoms with Crippen LogP contribution in [0.3, 0.4) is 0 Å². The minimum atomic E-state index is 0.195. The van der Waals surface area contributed by atoms with Crippen LogP contribution in [-0.4, -0.2) is 11.6 Å². The molecule has 2 aromatic carbocycles. The average Bonchev–Trinajstić information content (AvgIpc) is 2.74. The Hall–Kier alpha value is -2.48. The summed E-state index contributed by atoms with van der Waals surface area (Å²) >= 11 is 0. The Morgan fingerprint density at radius 3 is 2.00 bits per heavy atom. The van der Waals surface area contributed by atoms with Gasteiger partial charge in [-0.15, -0.1) is 0 Å². The second-order valence-electron chi connectivity index (χ2n) is 6.72. The van der Waals surface area contributed by atoms with E-state index in [-0.39, 0.29) is 11.6 Å². The number of allylic oxidation sites excluding steroid dienone is 1. The maximum Gasteiger partial charge on any atom is 0.141 e. The van der Waals surface area contributed by atoms with E-state index < -0.39 is 0 Å². The standard InChI is InChI=1S/C21H22O2.C4H10.C2H6/c1-17(22)9-5-6-12-19-13-7-8-14-20(19)16-21(23)15-18-10-3-2-4-11-18;1-3-4-2;1-2/h2-4,6-8,10-14H,5,9,15-16H2,1H3;3-4H2,1-2H3;1-2H3/b12-6+;;. The summed E-state index contributed by atoms with van der Waals surface area (Å²) in [5, 5.41) is 0. The molecule has 0 spiro atoms. The largest absolute Gasteiger partial charge is 0.300 e. The summed E-state index contributed by atoms with van der Waals surface area (Å²) in [7, 11) is 0. The van der Waals surface area contributed by atoms with Crippen molar-refractivity contribution in [1.29, 1.82) is 0 Å². The zero-order chi connectivity index (χ0) is 21.9. The molecule has 0 saturated carbocycles. The van der Waals surface area contributed by atoms with Crippen molar-refractivity contribution in [2.75, 3.05) is 0 Å². The molecule has 29 heavy (non-hydrogen) atoms. The van der Waals surface area contributed by atoms with Gasteiger partial charge in [-0.1, -0.05) is 107 Å². The molecular weight excluding hydrogens is 356 g/mol. The molecule has 0 aliphatic carbocycles. The SMILES string of the molecule is CC.CC(=O)CC/C=C/c1ccccc1CC(=O)Cc1ccccc1.CCCC. The highest BCUT2D eigenvalue weighted by atomic mass is 16.1. The van der Waals surface area contributed by atoms with Crippen LogP contribution in [0.4, 0.5) is 0 Å². The third-order valence-corrected chi connectivity index (χ3v) is 4.15. The number of Topliss-reactive ketones (excluding diaryl/α,β-unsaturated/α-hetero) is 2. The Labute approximate surface area is 178 Å². The Bertz CT molecular complexity index is 712. The van der Waals surface area contributed by atoms with Crippen LogP contribution in [0.25, 0.3) is 6.08 Å². The maximum absolute atomic E-state index is 12.3. The summed E-state index contributed by atoms with van der Waals surface area (Å²) in [6, 6.07) is 17.7. The number of benzene rings is 2. The van der Waals surface area contributed by atoms with E-state index in [1.54, 1.807) is 6.92 Å². The zero-order valence-electron chi connectivity index (χ0n) is 18.9. The number of rotatable bonds is 9. The predicted molar refractivity (Wildman–Crippen MR) is 126 cm³/mol. The van der Waals surface area contributed by atoms with Crippen molar-refractivity contribution in [3.05, 3.63) is 77.4 Å². The van der Waals surface area contributed by atoms with Gasteiger partial charge in [0, 0.05) is 19.3 Å². The molecule has 0 atom stereocenters. The van der Waals surface area contributed by atoms with Crippen molar-refractivity contribution >= 4 is 17.6 Å². The second kappa shape index (κ2) is 17.6. The van der Waals surface area contributed by atoms with Crippen LogP contribution in [0.5, 0.6) is 0 Å². The molecule has 0 radical (unpaired) electrons. The van der Waals surface area contributed by atoms with E-state index >= 15 is 0 Å². The van der Waals surface area contributed by atoms with Crippen molar-refractivity contribution in [2.24, 2.45) is 0 Å². The molecule has 2 rings (SSSR count). The predicted octanol–water partition coefficient (Wildman–Crippen LogP) is 7.26. The molecule has 0 amide bonds. The van der Waals surface area contributed by atoms with Crippen molar-refractivity contribution in [2.45, 2.75) is 73.1 Å². The van der Waals surface area contributed by atoms with Crippen LogP contribution < -0.4 is 0 Å². The number of carbonyl (C=O) groups is 2. The topological polar surface area (TPSA) is 34.1 Å². The normalized spacial score (nSPS) is 9.83. The van der Waals surface area contributed by atoms with Crippen LogP contribution in [0.15, 0.2) is 60.7 Å². The molecule has 0 aromatic heterocycles. The summed E-state index contributed by atoms with van der Waals surface area (Å²) in [5.74, 6) is 0.404. The first kappa shape index (κ1) is 26.5. The molecule has 0 heterocycles. The molecule has 0 saturated heterocycles. The first-order valence-electron chi connectivity index (χ1n) is 10.9. The van der Waals surface area contributed by atoms with Gasteiger partial charge in [-0.3, -0.25) is 4.79 Å². The van der Waals surface area contributed by atoms with Crippen LogP contribution in [0, 0.1) is 0 Å². The van der Waals surface area contributed by atoms with Gasteiger partial charge < -0.3 is 4.79 Å². The van der Waals surface area contributed by atoms with E-state index in [1.807, 2.05) is 80.6 Å². The van der Waals surface area contributed by atoms with Crippen molar-refractivity contribution < 1.29 is 9.59 Å². The van der Waals surface area contributed by atoms with Crippen molar-refractivity contribution in [3.63, 3.8) is 0 Å². The van der Waals surface area contributed by atoms with Gasteiger partial charge in [0.05, 0.1) is 0 Å². The monoisotopic (exact) mass is 394 g/mol. The van der Waals surface area contributed by atoms with Crippen LogP contribution >= 0.6 is 0 Å². The summed E-state index contributed by atoms with van der Waals surface area (Å²) in [6.45, 7) is 9.96. The lowest BCUT2D eigenvalue weighted by Crippen LogP contribution is -2.07. The molecule has 0 unspecified atom stereocenters. The average molecular weight is 395 g/mol. The van der Waals surface area contributed by atoms with Crippen LogP contribution in [0.2, 0.25) is 0 Å². The number of hydrogen-bond acceptors (Lipinski definition) is 2. The smallest absolute Gasteiger partial charge is 0.141 e. The first-order chi connectivity index (χ1) is 14.1. The van der Waals surface area contributed by atoms with E-state index in [9.17, 15) is 9.59 Å². The second-order valence-corrected chi connectivity index (χ2v) is 6.72. The number of hydrogen-bond donors (Lipinski definition) is 0. The third-order valence-electron chi connectivity index (χ3n) is 4.15. The molecular formula is C27H38O2. The minimum Gasteiger partial charge on any atom is -0.300 e. The van der Waals surface area contributed by atoms with Gasteiger partial charge >= 0.3 is 0 Å². The van der Waals surface area contributed by atoms with E-state index in [2.05, 4.69) is 13.8 Å². The summed E-state index contributed by atoms with van der Waals surface area (Å²) in [6.07, 6.45) is 8.84. The number of ketones is 2. The number of unbranched alkanes of at least 4 members (excludes halogenated alkanes) is 1. The molecule has 0 fully saturated rings. The van der Waals surface area contributed by atoms with Gasteiger partial charge in [-0.05, 0) is 30.0 Å². The first-order valence-corrected chi connectivity index (χ1v) is 10.9. The van der Waals surface area contributed by atoms with Crippen LogP contribution in [-0.2, 0) is 22.4 Å². The fourth-order valence-electron chi connectivity index (χ4n) is 2.45. The van der Waals surface area contributed by atoms with Gasteiger partial charge in [-0.2, -0.15) is 0 Å². The highest BCUT2D eigenvalue weighted by Gasteiger charge is 2.07. The van der Waals surface area contributed by atoms with Gasteiger partial charge in [-0.25, -0.2) is 0 Å². The Kier molecular flexibility index (Phi) is 16.1. The fourth-order valence-corrected chi connectivity index (χ4v) is 2.45. The van der Waals surface area contributed by atoms with E-state index in [1.165, 1.54) is 12.8 Å². The summed E-state index contributed by atoms with van der Waals surface area (Å²) in [5.41, 5.74) is 3.14. The van der Waals surface area contributed by atoms with Crippen molar-refractivity contribution in [1.82, 2.24) is 0 Å². The fraction of sp³-hybridized carbons (Fsp3) is 0.407. The molecule has 2 aromatic rings. The lowest BCUT2D eigenvalue weighted by atomic mass is 9.98. The highest BCUT2D eigenvalue weighted by molar-refractivity contribution is 5.84. The molecule has 158 valence electrons. The summed E-state index contributed by atoms with van der Waals surface area (Å²) < 4.78 is 0. The lowest BCUT2D eigenvalue weighted by molar-refractivity contribution is -0.118. The van der Waals surface area contributed by atoms with E-state index in [4.69, 9.17) is 0 Å². The number of carbonyl (C=O) groups excluding carboxylic acids is 2. The van der Waals surface area contributed by atoms with Gasteiger partial charge in [0.15, 0.2) is 0 Å². The molecule has 0 N–H and O–H groups in total. The molecule has 0 aliphatic rings. The lowest BCUT2D eigenvalue weighted by Gasteiger charge is -2.06. The quantitative estimate of drug-likeness (QED) is 0.448. The van der Waals surface area contributed by atoms with E-state index in [0.29, 0.717) is 19.3 Å². The van der Waals surface area contributed by atoms with Gasteiger partial charge in [0.25, 0.3) is 0 Å². The molecule has 2 nitrogen and oxygen atoms in total. The zero-order valence-corrected chi connectivity index (χ0v) is 18.9. The highest BCUT2D eigenvalue weighted by Crippen LogP contribution is 2.14. The third kappa shape index (κ3) is 13.3.